The number of carbonyl (C=O) groups excluding carboxylic acids is 1. The van der Waals surface area contributed by atoms with Crippen LogP contribution in [0.15, 0.2) is 18.2 Å². The maximum Gasteiger partial charge on any atom is 0.347 e. The van der Waals surface area contributed by atoms with Crippen molar-refractivity contribution in [3.8, 4) is 11.5 Å². The second-order valence-corrected chi connectivity index (χ2v) is 4.05. The fourth-order valence-electron chi connectivity index (χ4n) is 1.67. The number of hydrogen-bond acceptors (Lipinski definition) is 5. The third-order valence-electron chi connectivity index (χ3n) is 2.58. The van der Waals surface area contributed by atoms with E-state index in [1.165, 1.54) is 0 Å². The number of nitrogen functional groups attached to an aromatic ring is 1. The van der Waals surface area contributed by atoms with Crippen LogP contribution in [0, 0.1) is 0 Å². The lowest BCUT2D eigenvalue weighted by Crippen LogP contribution is -2.29. The SMILES string of the molecule is CCCC(Oc1ccc(OC)c(N)c1)C(=O)OCC. The summed E-state index contributed by atoms with van der Waals surface area (Å²) in [7, 11) is 1.55. The van der Waals surface area contributed by atoms with E-state index in [2.05, 4.69) is 0 Å². The standard InChI is InChI=1S/C14H21NO4/c1-4-6-13(14(16)18-5-2)19-10-7-8-12(17-3)11(15)9-10/h7-9,13H,4-6,15H2,1-3H3. The van der Waals surface area contributed by atoms with Gasteiger partial charge >= 0.3 is 5.97 Å². The van der Waals surface area contributed by atoms with Crippen LogP contribution >= 0.6 is 0 Å². The molecule has 0 aliphatic heterocycles. The lowest BCUT2D eigenvalue weighted by Gasteiger charge is -2.17. The summed E-state index contributed by atoms with van der Waals surface area (Å²) < 4.78 is 15.7. The second-order valence-electron chi connectivity index (χ2n) is 4.05. The Bertz CT molecular complexity index is 420. The van der Waals surface area contributed by atoms with E-state index in [0.29, 0.717) is 30.2 Å². The molecule has 0 aromatic heterocycles. The zero-order chi connectivity index (χ0) is 14.3. The van der Waals surface area contributed by atoms with Gasteiger partial charge in [0.25, 0.3) is 0 Å². The summed E-state index contributed by atoms with van der Waals surface area (Å²) in [6, 6.07) is 5.07. The summed E-state index contributed by atoms with van der Waals surface area (Å²) in [5.74, 6) is 0.763. The van der Waals surface area contributed by atoms with Crippen LogP contribution in [0.25, 0.3) is 0 Å². The highest BCUT2D eigenvalue weighted by molar-refractivity contribution is 5.75. The lowest BCUT2D eigenvalue weighted by molar-refractivity contribution is -0.151. The average Bonchev–Trinajstić information content (AvgIpc) is 2.39. The molecule has 0 fully saturated rings. The Hall–Kier alpha value is -1.91. The molecule has 1 aromatic carbocycles. The molecule has 0 aliphatic rings. The number of esters is 1. The molecule has 106 valence electrons. The van der Waals surface area contributed by atoms with E-state index >= 15 is 0 Å². The molecule has 1 unspecified atom stereocenters. The van der Waals surface area contributed by atoms with Crippen molar-refractivity contribution >= 4 is 11.7 Å². The zero-order valence-corrected chi connectivity index (χ0v) is 11.6. The topological polar surface area (TPSA) is 70.8 Å². The lowest BCUT2D eigenvalue weighted by atomic mass is 10.2. The van der Waals surface area contributed by atoms with Gasteiger partial charge in [-0.05, 0) is 25.5 Å². The first-order valence-corrected chi connectivity index (χ1v) is 6.39. The minimum absolute atomic E-state index is 0.340. The van der Waals surface area contributed by atoms with Crippen LogP contribution in [-0.2, 0) is 9.53 Å². The number of ether oxygens (including phenoxy) is 3. The molecule has 0 spiro atoms. The highest BCUT2D eigenvalue weighted by Gasteiger charge is 2.21. The summed E-state index contributed by atoms with van der Waals surface area (Å²) in [5.41, 5.74) is 6.27. The van der Waals surface area contributed by atoms with E-state index in [4.69, 9.17) is 19.9 Å². The molecule has 0 saturated carbocycles. The third-order valence-corrected chi connectivity index (χ3v) is 2.58. The van der Waals surface area contributed by atoms with Crippen LogP contribution in [0.2, 0.25) is 0 Å². The molecular formula is C14H21NO4. The first-order chi connectivity index (χ1) is 9.12. The molecule has 19 heavy (non-hydrogen) atoms. The predicted octanol–water partition coefficient (Wildman–Crippen LogP) is 2.39. The minimum Gasteiger partial charge on any atom is -0.495 e. The Kier molecular flexibility index (Phi) is 5.99. The largest absolute Gasteiger partial charge is 0.495 e. The molecule has 0 saturated heterocycles. The Labute approximate surface area is 113 Å². The highest BCUT2D eigenvalue weighted by atomic mass is 16.6. The quantitative estimate of drug-likeness (QED) is 0.606. The van der Waals surface area contributed by atoms with E-state index in [1.807, 2.05) is 6.92 Å². The van der Waals surface area contributed by atoms with Crippen molar-refractivity contribution < 1.29 is 19.0 Å². The smallest absolute Gasteiger partial charge is 0.347 e. The van der Waals surface area contributed by atoms with E-state index in [9.17, 15) is 4.79 Å². The predicted molar refractivity (Wildman–Crippen MR) is 73.4 cm³/mol. The molecular weight excluding hydrogens is 246 g/mol. The van der Waals surface area contributed by atoms with E-state index in [1.54, 1.807) is 32.2 Å². The monoisotopic (exact) mass is 267 g/mol. The van der Waals surface area contributed by atoms with Gasteiger partial charge in [-0.25, -0.2) is 4.79 Å². The third kappa shape index (κ3) is 4.35. The number of anilines is 1. The number of benzene rings is 1. The van der Waals surface area contributed by atoms with Crippen LogP contribution in [0.1, 0.15) is 26.7 Å². The number of rotatable bonds is 7. The number of nitrogens with two attached hydrogens (primary N) is 1. The van der Waals surface area contributed by atoms with Crippen molar-refractivity contribution in [1.82, 2.24) is 0 Å². The normalized spacial score (nSPS) is 11.7. The Morgan fingerprint density at radius 1 is 1.37 bits per heavy atom. The number of methoxy groups -OCH3 is 1. The van der Waals surface area contributed by atoms with E-state index < -0.39 is 6.10 Å². The molecule has 0 aliphatic carbocycles. The van der Waals surface area contributed by atoms with Crippen LogP contribution in [0.5, 0.6) is 11.5 Å². The van der Waals surface area contributed by atoms with Gasteiger partial charge in [0.05, 0.1) is 19.4 Å². The van der Waals surface area contributed by atoms with E-state index in [-0.39, 0.29) is 5.97 Å². The molecule has 1 aromatic rings. The fourth-order valence-corrected chi connectivity index (χ4v) is 1.67. The van der Waals surface area contributed by atoms with Gasteiger partial charge in [-0.1, -0.05) is 13.3 Å². The first kappa shape index (κ1) is 15.1. The fraction of sp³-hybridized carbons (Fsp3) is 0.500. The Morgan fingerprint density at radius 3 is 2.63 bits per heavy atom. The van der Waals surface area contributed by atoms with Gasteiger partial charge in [-0.15, -0.1) is 0 Å². The maximum absolute atomic E-state index is 11.7. The van der Waals surface area contributed by atoms with Gasteiger partial charge in [0, 0.05) is 6.07 Å². The molecule has 0 amide bonds. The number of carbonyl (C=O) groups is 1. The Morgan fingerprint density at radius 2 is 2.11 bits per heavy atom. The molecule has 5 nitrogen and oxygen atoms in total. The van der Waals surface area contributed by atoms with Crippen molar-refractivity contribution in [2.45, 2.75) is 32.8 Å². The molecule has 1 atom stereocenters. The summed E-state index contributed by atoms with van der Waals surface area (Å²) in [6.07, 6.45) is 0.831. The zero-order valence-electron chi connectivity index (χ0n) is 11.6. The Balaban J connectivity index is 2.78. The van der Waals surface area contributed by atoms with Crippen LogP contribution < -0.4 is 15.2 Å². The summed E-state index contributed by atoms with van der Waals surface area (Å²) in [4.78, 5) is 11.7. The van der Waals surface area contributed by atoms with Crippen LogP contribution in [-0.4, -0.2) is 25.8 Å². The van der Waals surface area contributed by atoms with E-state index in [0.717, 1.165) is 6.42 Å². The minimum atomic E-state index is -0.599. The summed E-state index contributed by atoms with van der Waals surface area (Å²) in [5, 5.41) is 0. The van der Waals surface area contributed by atoms with Gasteiger partial charge in [-0.3, -0.25) is 0 Å². The second kappa shape index (κ2) is 7.51. The van der Waals surface area contributed by atoms with Gasteiger partial charge in [0.15, 0.2) is 6.10 Å². The molecule has 0 bridgehead atoms. The summed E-state index contributed by atoms with van der Waals surface area (Å²) in [6.45, 7) is 4.09. The van der Waals surface area contributed by atoms with Gasteiger partial charge in [0.2, 0.25) is 0 Å². The highest BCUT2D eigenvalue weighted by Crippen LogP contribution is 2.27. The van der Waals surface area contributed by atoms with Crippen molar-refractivity contribution in [1.29, 1.82) is 0 Å². The number of hydrogen-bond donors (Lipinski definition) is 1. The molecule has 0 heterocycles. The maximum atomic E-state index is 11.7. The van der Waals surface area contributed by atoms with Crippen molar-refractivity contribution in [3.05, 3.63) is 18.2 Å². The average molecular weight is 267 g/mol. The van der Waals surface area contributed by atoms with Crippen molar-refractivity contribution in [2.24, 2.45) is 0 Å². The molecule has 2 N–H and O–H groups in total. The van der Waals surface area contributed by atoms with Crippen LogP contribution in [0.3, 0.4) is 0 Å². The van der Waals surface area contributed by atoms with Gasteiger partial charge in [0.1, 0.15) is 11.5 Å². The molecule has 1 rings (SSSR count). The molecule has 5 heteroatoms. The summed E-state index contributed by atoms with van der Waals surface area (Å²) >= 11 is 0. The van der Waals surface area contributed by atoms with Crippen LogP contribution in [0.4, 0.5) is 5.69 Å². The van der Waals surface area contributed by atoms with Gasteiger partial charge in [-0.2, -0.15) is 0 Å². The van der Waals surface area contributed by atoms with Gasteiger partial charge < -0.3 is 19.9 Å². The van der Waals surface area contributed by atoms with Crippen molar-refractivity contribution in [2.75, 3.05) is 19.5 Å². The van der Waals surface area contributed by atoms with Crippen molar-refractivity contribution in [3.63, 3.8) is 0 Å². The first-order valence-electron chi connectivity index (χ1n) is 6.39. The molecule has 0 radical (unpaired) electrons.